The molecule has 1 aromatic rings. The van der Waals surface area contributed by atoms with Crippen molar-refractivity contribution in [2.24, 2.45) is 5.92 Å². The van der Waals surface area contributed by atoms with Crippen molar-refractivity contribution >= 4 is 11.6 Å². The van der Waals surface area contributed by atoms with E-state index in [9.17, 15) is 4.79 Å². The molecule has 0 heterocycles. The molecule has 1 atom stereocenters. The molecule has 0 saturated heterocycles. The van der Waals surface area contributed by atoms with E-state index in [1.165, 1.54) is 0 Å². The molecule has 4 heteroatoms. The van der Waals surface area contributed by atoms with Crippen LogP contribution in [0.15, 0.2) is 24.3 Å². The van der Waals surface area contributed by atoms with Crippen LogP contribution < -0.4 is 5.32 Å². The summed E-state index contributed by atoms with van der Waals surface area (Å²) in [6.07, 6.45) is 0. The van der Waals surface area contributed by atoms with Gasteiger partial charge in [0.05, 0.1) is 17.7 Å². The maximum Gasteiger partial charge on any atom is 0.241 e. The molecule has 1 aromatic carbocycles. The van der Waals surface area contributed by atoms with Crippen molar-refractivity contribution in [3.8, 4) is 6.07 Å². The minimum atomic E-state index is -0.192. The van der Waals surface area contributed by atoms with Gasteiger partial charge in [-0.05, 0) is 51.0 Å². The molecule has 1 unspecified atom stereocenters. The third kappa shape index (κ3) is 5.20. The van der Waals surface area contributed by atoms with Crippen molar-refractivity contribution < 1.29 is 4.79 Å². The van der Waals surface area contributed by atoms with Gasteiger partial charge in [-0.2, -0.15) is 5.26 Å². The minimum Gasteiger partial charge on any atom is -0.325 e. The van der Waals surface area contributed by atoms with Gasteiger partial charge in [-0.15, -0.1) is 0 Å². The SMILES string of the molecule is CC(C)CN(C(C)C)C(C)C(=O)Nc1ccc(C#N)cc1. The average Bonchev–Trinajstić information content (AvgIpc) is 2.44. The number of carbonyl (C=O) groups is 1. The number of nitrogens with one attached hydrogen (secondary N) is 1. The molecule has 0 aliphatic rings. The number of hydrogen-bond donors (Lipinski definition) is 1. The van der Waals surface area contributed by atoms with Crippen LogP contribution in [0.5, 0.6) is 0 Å². The van der Waals surface area contributed by atoms with E-state index in [1.54, 1.807) is 24.3 Å². The lowest BCUT2D eigenvalue weighted by atomic mass is 10.1. The maximum atomic E-state index is 12.4. The zero-order valence-corrected chi connectivity index (χ0v) is 13.6. The fourth-order valence-corrected chi connectivity index (χ4v) is 2.26. The summed E-state index contributed by atoms with van der Waals surface area (Å²) < 4.78 is 0. The molecule has 1 N–H and O–H groups in total. The Morgan fingerprint density at radius 1 is 1.19 bits per heavy atom. The largest absolute Gasteiger partial charge is 0.325 e. The highest BCUT2D eigenvalue weighted by molar-refractivity contribution is 5.94. The number of nitriles is 1. The van der Waals surface area contributed by atoms with Crippen LogP contribution in [0.4, 0.5) is 5.69 Å². The van der Waals surface area contributed by atoms with Gasteiger partial charge in [0.1, 0.15) is 0 Å². The van der Waals surface area contributed by atoms with Crippen LogP contribution in [0.2, 0.25) is 0 Å². The summed E-state index contributed by atoms with van der Waals surface area (Å²) in [5, 5.41) is 11.7. The first kappa shape index (κ1) is 17.2. The van der Waals surface area contributed by atoms with E-state index in [0.717, 1.165) is 12.2 Å². The summed E-state index contributed by atoms with van der Waals surface area (Å²) in [7, 11) is 0. The van der Waals surface area contributed by atoms with Gasteiger partial charge in [0.25, 0.3) is 0 Å². The monoisotopic (exact) mass is 287 g/mol. The molecule has 1 rings (SSSR count). The van der Waals surface area contributed by atoms with Gasteiger partial charge in [0, 0.05) is 18.3 Å². The third-order valence-corrected chi connectivity index (χ3v) is 3.40. The molecule has 0 spiro atoms. The molecule has 1 amide bonds. The molecule has 114 valence electrons. The second-order valence-electron chi connectivity index (χ2n) is 6.04. The van der Waals surface area contributed by atoms with Crippen LogP contribution >= 0.6 is 0 Å². The molecular formula is C17H25N3O. The predicted octanol–water partition coefficient (Wildman–Crippen LogP) is 3.25. The number of nitrogens with zero attached hydrogens (tertiary/aromatic N) is 2. The first-order valence-corrected chi connectivity index (χ1v) is 7.42. The van der Waals surface area contributed by atoms with Gasteiger partial charge in [-0.25, -0.2) is 0 Å². The van der Waals surface area contributed by atoms with Crippen molar-refractivity contribution in [1.82, 2.24) is 4.90 Å². The molecule has 0 bridgehead atoms. The summed E-state index contributed by atoms with van der Waals surface area (Å²) in [6, 6.07) is 9.10. The van der Waals surface area contributed by atoms with Crippen molar-refractivity contribution in [2.75, 3.05) is 11.9 Å². The molecular weight excluding hydrogens is 262 g/mol. The molecule has 0 radical (unpaired) electrons. The van der Waals surface area contributed by atoms with E-state index in [1.807, 2.05) is 6.92 Å². The first-order chi connectivity index (χ1) is 9.85. The number of anilines is 1. The highest BCUT2D eigenvalue weighted by Gasteiger charge is 2.24. The minimum absolute atomic E-state index is 0.0194. The van der Waals surface area contributed by atoms with E-state index in [4.69, 9.17) is 5.26 Å². The van der Waals surface area contributed by atoms with Gasteiger partial charge < -0.3 is 5.32 Å². The molecule has 0 saturated carbocycles. The summed E-state index contributed by atoms with van der Waals surface area (Å²) >= 11 is 0. The maximum absolute atomic E-state index is 12.4. The van der Waals surface area contributed by atoms with E-state index < -0.39 is 0 Å². The Balaban J connectivity index is 2.73. The molecule has 0 aliphatic carbocycles. The fourth-order valence-electron chi connectivity index (χ4n) is 2.26. The van der Waals surface area contributed by atoms with Gasteiger partial charge >= 0.3 is 0 Å². The number of benzene rings is 1. The van der Waals surface area contributed by atoms with E-state index >= 15 is 0 Å². The van der Waals surface area contributed by atoms with Gasteiger partial charge in [0.2, 0.25) is 5.91 Å². The zero-order valence-electron chi connectivity index (χ0n) is 13.6. The average molecular weight is 287 g/mol. The zero-order chi connectivity index (χ0) is 16.0. The second kappa shape index (κ2) is 7.80. The van der Waals surface area contributed by atoms with Gasteiger partial charge in [-0.1, -0.05) is 13.8 Å². The Bertz CT molecular complexity index is 500. The van der Waals surface area contributed by atoms with Crippen molar-refractivity contribution in [1.29, 1.82) is 5.26 Å². The Morgan fingerprint density at radius 3 is 2.19 bits per heavy atom. The lowest BCUT2D eigenvalue weighted by molar-refractivity contribution is -0.121. The predicted molar refractivity (Wildman–Crippen MR) is 85.9 cm³/mol. The highest BCUT2D eigenvalue weighted by atomic mass is 16.2. The molecule has 0 fully saturated rings. The first-order valence-electron chi connectivity index (χ1n) is 7.42. The van der Waals surface area contributed by atoms with Crippen LogP contribution in [0.25, 0.3) is 0 Å². The summed E-state index contributed by atoms with van der Waals surface area (Å²) in [5.74, 6) is 0.492. The third-order valence-electron chi connectivity index (χ3n) is 3.40. The van der Waals surface area contributed by atoms with Crippen LogP contribution in [0.1, 0.15) is 40.2 Å². The van der Waals surface area contributed by atoms with Crippen LogP contribution in [-0.2, 0) is 4.79 Å². The Kier molecular flexibility index (Phi) is 6.39. The van der Waals surface area contributed by atoms with E-state index in [-0.39, 0.29) is 11.9 Å². The smallest absolute Gasteiger partial charge is 0.241 e. The summed E-state index contributed by atoms with van der Waals surface area (Å²) in [6.45, 7) is 11.3. The standard InChI is InChI=1S/C17H25N3O/c1-12(2)11-20(13(3)4)14(5)17(21)19-16-8-6-15(10-18)7-9-16/h6-9,12-14H,11H2,1-5H3,(H,19,21). The molecule has 0 aliphatic heterocycles. The molecule has 4 nitrogen and oxygen atoms in total. The van der Waals surface area contributed by atoms with Crippen molar-refractivity contribution in [3.63, 3.8) is 0 Å². The van der Waals surface area contributed by atoms with Gasteiger partial charge in [-0.3, -0.25) is 9.69 Å². The summed E-state index contributed by atoms with van der Waals surface area (Å²) in [5.41, 5.74) is 1.31. The van der Waals surface area contributed by atoms with E-state index in [2.05, 4.69) is 44.0 Å². The van der Waals surface area contributed by atoms with Crippen molar-refractivity contribution in [3.05, 3.63) is 29.8 Å². The normalized spacial score (nSPS) is 12.5. The lowest BCUT2D eigenvalue weighted by Gasteiger charge is -2.33. The Hall–Kier alpha value is -1.86. The Morgan fingerprint density at radius 2 is 1.76 bits per heavy atom. The number of amides is 1. The second-order valence-corrected chi connectivity index (χ2v) is 6.04. The quantitative estimate of drug-likeness (QED) is 0.873. The fraction of sp³-hybridized carbons (Fsp3) is 0.529. The van der Waals surface area contributed by atoms with Crippen LogP contribution in [-0.4, -0.2) is 29.4 Å². The topological polar surface area (TPSA) is 56.1 Å². The lowest BCUT2D eigenvalue weighted by Crippen LogP contribution is -2.47. The summed E-state index contributed by atoms with van der Waals surface area (Å²) in [4.78, 5) is 14.6. The van der Waals surface area contributed by atoms with Crippen LogP contribution in [0, 0.1) is 17.2 Å². The van der Waals surface area contributed by atoms with E-state index in [0.29, 0.717) is 17.5 Å². The highest BCUT2D eigenvalue weighted by Crippen LogP contribution is 2.13. The number of rotatable bonds is 6. The van der Waals surface area contributed by atoms with Crippen LogP contribution in [0.3, 0.4) is 0 Å². The van der Waals surface area contributed by atoms with Crippen molar-refractivity contribution in [2.45, 2.75) is 46.7 Å². The Labute approximate surface area is 127 Å². The molecule has 21 heavy (non-hydrogen) atoms. The number of hydrogen-bond acceptors (Lipinski definition) is 3. The number of carbonyl (C=O) groups excluding carboxylic acids is 1. The molecule has 0 aromatic heterocycles. The van der Waals surface area contributed by atoms with Gasteiger partial charge in [0.15, 0.2) is 0 Å².